The standard InChI is InChI=1S/C53H37NS/c1-53(2)49-20-9-7-16-44(49)45-31-30-39(33-50(45)53)54(37-26-22-34(23-27-37)41-18-11-19-47-46-17-8-10-21-51(46)55-52(41)47)38-28-24-35(25-29-38)48-32-36-12-3-4-13-40(36)42-14-5-6-15-43(42)48/h3-33H,1-2H3. The van der Waals surface area contributed by atoms with Crippen LogP contribution in [0.25, 0.3) is 75.1 Å². The van der Waals surface area contributed by atoms with Crippen LogP contribution in [0.4, 0.5) is 17.1 Å². The average molecular weight is 720 g/mol. The molecule has 0 fully saturated rings. The Balaban J connectivity index is 1.05. The lowest BCUT2D eigenvalue weighted by molar-refractivity contribution is 0.660. The summed E-state index contributed by atoms with van der Waals surface area (Å²) in [5, 5.41) is 7.76. The number of rotatable bonds is 5. The Hall–Kier alpha value is -6.48. The van der Waals surface area contributed by atoms with Gasteiger partial charge in [-0.05, 0) is 115 Å². The second-order valence-electron chi connectivity index (χ2n) is 15.3. The van der Waals surface area contributed by atoms with E-state index in [-0.39, 0.29) is 5.41 Å². The molecule has 1 heterocycles. The highest BCUT2D eigenvalue weighted by atomic mass is 32.1. The maximum absolute atomic E-state index is 2.42. The van der Waals surface area contributed by atoms with Gasteiger partial charge in [-0.15, -0.1) is 11.3 Å². The molecule has 0 radical (unpaired) electrons. The van der Waals surface area contributed by atoms with Crippen molar-refractivity contribution in [2.24, 2.45) is 0 Å². The molecule has 1 aliphatic carbocycles. The van der Waals surface area contributed by atoms with Crippen LogP contribution in [-0.4, -0.2) is 0 Å². The minimum absolute atomic E-state index is 0.0958. The molecule has 0 N–H and O–H groups in total. The molecule has 260 valence electrons. The molecule has 0 unspecified atom stereocenters. The van der Waals surface area contributed by atoms with Gasteiger partial charge in [-0.1, -0.05) is 153 Å². The van der Waals surface area contributed by atoms with E-state index in [4.69, 9.17) is 0 Å². The molecule has 0 aliphatic heterocycles. The van der Waals surface area contributed by atoms with Gasteiger partial charge in [0.05, 0.1) is 0 Å². The van der Waals surface area contributed by atoms with Crippen molar-refractivity contribution in [2.75, 3.05) is 4.90 Å². The first-order chi connectivity index (χ1) is 27.0. The fourth-order valence-corrected chi connectivity index (χ4v) is 10.4. The molecule has 1 aliphatic rings. The van der Waals surface area contributed by atoms with Gasteiger partial charge in [-0.25, -0.2) is 0 Å². The fourth-order valence-electron chi connectivity index (χ4n) is 9.13. The summed E-state index contributed by atoms with van der Waals surface area (Å²) in [6, 6.07) is 69.6. The largest absolute Gasteiger partial charge is 0.310 e. The monoisotopic (exact) mass is 719 g/mol. The maximum Gasteiger partial charge on any atom is 0.0465 e. The molecule has 0 saturated heterocycles. The Morgan fingerprint density at radius 2 is 0.945 bits per heavy atom. The highest BCUT2D eigenvalue weighted by Crippen LogP contribution is 2.51. The Kier molecular flexibility index (Phi) is 7.14. The summed E-state index contributed by atoms with van der Waals surface area (Å²) in [6.07, 6.45) is 0. The van der Waals surface area contributed by atoms with E-state index >= 15 is 0 Å². The van der Waals surface area contributed by atoms with Crippen molar-refractivity contribution in [1.29, 1.82) is 0 Å². The number of nitrogens with zero attached hydrogens (tertiary/aromatic N) is 1. The Morgan fingerprint density at radius 1 is 0.382 bits per heavy atom. The first-order valence-electron chi connectivity index (χ1n) is 19.1. The van der Waals surface area contributed by atoms with Crippen LogP contribution in [-0.2, 0) is 5.41 Å². The van der Waals surface area contributed by atoms with Crippen LogP contribution in [0.5, 0.6) is 0 Å². The molecular weight excluding hydrogens is 683 g/mol. The van der Waals surface area contributed by atoms with Crippen molar-refractivity contribution in [3.63, 3.8) is 0 Å². The first-order valence-corrected chi connectivity index (χ1v) is 19.9. The normalized spacial score (nSPS) is 13.1. The van der Waals surface area contributed by atoms with Crippen molar-refractivity contribution in [3.8, 4) is 33.4 Å². The third kappa shape index (κ3) is 4.99. The number of anilines is 3. The Labute approximate surface area is 325 Å². The summed E-state index contributed by atoms with van der Waals surface area (Å²) < 4.78 is 2.67. The molecule has 1 aromatic heterocycles. The lowest BCUT2D eigenvalue weighted by Crippen LogP contribution is -2.16. The molecule has 11 rings (SSSR count). The van der Waals surface area contributed by atoms with E-state index in [2.05, 4.69) is 207 Å². The van der Waals surface area contributed by atoms with E-state index in [0.29, 0.717) is 0 Å². The summed E-state index contributed by atoms with van der Waals surface area (Å²) in [5.74, 6) is 0. The van der Waals surface area contributed by atoms with Crippen molar-refractivity contribution in [2.45, 2.75) is 19.3 Å². The lowest BCUT2D eigenvalue weighted by Gasteiger charge is -2.28. The molecule has 0 bridgehead atoms. The van der Waals surface area contributed by atoms with Crippen LogP contribution in [0.1, 0.15) is 25.0 Å². The predicted molar refractivity (Wildman–Crippen MR) is 237 cm³/mol. The molecule has 0 amide bonds. The first kappa shape index (κ1) is 32.0. The van der Waals surface area contributed by atoms with E-state index in [1.165, 1.54) is 86.2 Å². The number of hydrogen-bond donors (Lipinski definition) is 0. The van der Waals surface area contributed by atoms with E-state index < -0.39 is 0 Å². The predicted octanol–water partition coefficient (Wildman–Crippen LogP) is 15.5. The van der Waals surface area contributed by atoms with Gasteiger partial charge in [0.25, 0.3) is 0 Å². The van der Waals surface area contributed by atoms with E-state index in [0.717, 1.165) is 17.1 Å². The minimum atomic E-state index is -0.0958. The molecule has 0 saturated carbocycles. The van der Waals surface area contributed by atoms with Crippen LogP contribution < -0.4 is 4.90 Å². The lowest BCUT2D eigenvalue weighted by atomic mass is 9.82. The van der Waals surface area contributed by atoms with E-state index in [1.54, 1.807) is 0 Å². The van der Waals surface area contributed by atoms with Gasteiger partial charge in [-0.2, -0.15) is 0 Å². The molecule has 0 atom stereocenters. The van der Waals surface area contributed by atoms with Crippen LogP contribution >= 0.6 is 11.3 Å². The van der Waals surface area contributed by atoms with E-state index in [9.17, 15) is 0 Å². The van der Waals surface area contributed by atoms with Gasteiger partial charge in [0.15, 0.2) is 0 Å². The average Bonchev–Trinajstić information content (AvgIpc) is 3.73. The topological polar surface area (TPSA) is 3.24 Å². The van der Waals surface area contributed by atoms with Gasteiger partial charge >= 0.3 is 0 Å². The molecule has 10 aromatic rings. The summed E-state index contributed by atoms with van der Waals surface area (Å²) in [7, 11) is 0. The number of hydrogen-bond acceptors (Lipinski definition) is 2. The third-order valence-electron chi connectivity index (χ3n) is 11.9. The highest BCUT2D eigenvalue weighted by Gasteiger charge is 2.35. The van der Waals surface area contributed by atoms with Crippen molar-refractivity contribution < 1.29 is 0 Å². The molecule has 2 heteroatoms. The van der Waals surface area contributed by atoms with Gasteiger partial charge in [0.1, 0.15) is 0 Å². The minimum Gasteiger partial charge on any atom is -0.310 e. The maximum atomic E-state index is 2.42. The van der Waals surface area contributed by atoms with Crippen LogP contribution in [0.3, 0.4) is 0 Å². The van der Waals surface area contributed by atoms with Crippen LogP contribution in [0.15, 0.2) is 188 Å². The second kappa shape index (κ2) is 12.3. The van der Waals surface area contributed by atoms with Crippen LogP contribution in [0, 0.1) is 0 Å². The zero-order valence-electron chi connectivity index (χ0n) is 30.8. The molecular formula is C53H37NS. The number of fused-ring (bicyclic) bond motifs is 9. The molecule has 55 heavy (non-hydrogen) atoms. The molecule has 1 nitrogen and oxygen atoms in total. The summed E-state index contributed by atoms with van der Waals surface area (Å²) >= 11 is 1.88. The quantitative estimate of drug-likeness (QED) is 0.160. The summed E-state index contributed by atoms with van der Waals surface area (Å²) in [4.78, 5) is 2.42. The van der Waals surface area contributed by atoms with Gasteiger partial charge in [-0.3, -0.25) is 0 Å². The fraction of sp³-hybridized carbons (Fsp3) is 0.0566. The third-order valence-corrected chi connectivity index (χ3v) is 13.1. The summed E-state index contributed by atoms with van der Waals surface area (Å²) in [6.45, 7) is 4.72. The zero-order valence-corrected chi connectivity index (χ0v) is 31.6. The molecule has 0 spiro atoms. The highest BCUT2D eigenvalue weighted by molar-refractivity contribution is 7.26. The van der Waals surface area contributed by atoms with E-state index in [1.807, 2.05) is 11.3 Å². The van der Waals surface area contributed by atoms with Gasteiger partial charge in [0, 0.05) is 42.6 Å². The Morgan fingerprint density at radius 3 is 1.73 bits per heavy atom. The summed E-state index contributed by atoms with van der Waals surface area (Å²) in [5.41, 5.74) is 13.7. The number of thiophene rings is 1. The second-order valence-corrected chi connectivity index (χ2v) is 16.4. The zero-order chi connectivity index (χ0) is 36.7. The molecule has 9 aromatic carbocycles. The number of benzene rings is 9. The van der Waals surface area contributed by atoms with Gasteiger partial charge in [0.2, 0.25) is 0 Å². The van der Waals surface area contributed by atoms with Crippen molar-refractivity contribution in [3.05, 3.63) is 199 Å². The van der Waals surface area contributed by atoms with Gasteiger partial charge < -0.3 is 4.90 Å². The van der Waals surface area contributed by atoms with Crippen LogP contribution in [0.2, 0.25) is 0 Å². The smallest absolute Gasteiger partial charge is 0.0465 e. The van der Waals surface area contributed by atoms with Crippen molar-refractivity contribution in [1.82, 2.24) is 0 Å². The van der Waals surface area contributed by atoms with Crippen molar-refractivity contribution >= 4 is 70.1 Å². The SMILES string of the molecule is CC1(C)c2ccccc2-c2ccc(N(c3ccc(-c4cc5ccccc5c5ccccc45)cc3)c3ccc(-c4cccc5c4sc4ccccc45)cc3)cc21. The Bertz CT molecular complexity index is 3110.